The van der Waals surface area contributed by atoms with Crippen molar-refractivity contribution in [3.63, 3.8) is 0 Å². The summed E-state index contributed by atoms with van der Waals surface area (Å²) in [6.45, 7) is 0. The molecule has 1 atom stereocenters. The maximum atomic E-state index is 11.1. The van der Waals surface area contributed by atoms with Crippen LogP contribution < -0.4 is 0 Å². The van der Waals surface area contributed by atoms with Gasteiger partial charge in [-0.05, 0) is 40.6 Å². The fraction of sp³-hybridized carbons (Fsp3) is 0.143. The van der Waals surface area contributed by atoms with E-state index in [1.807, 2.05) is 36.4 Å². The molecule has 5 heteroatoms. The van der Waals surface area contributed by atoms with Crippen LogP contribution in [0, 0.1) is 13.7 Å². The highest BCUT2D eigenvalue weighted by atomic mass is 127. The van der Waals surface area contributed by atoms with Crippen molar-refractivity contribution in [1.82, 2.24) is 0 Å². The predicted octanol–water partition coefficient (Wildman–Crippen LogP) is 4.72. The van der Waals surface area contributed by atoms with E-state index in [9.17, 15) is 10.1 Å². The minimum atomic E-state index is -0.355. The van der Waals surface area contributed by atoms with Crippen molar-refractivity contribution in [3.8, 4) is 0 Å². The van der Waals surface area contributed by atoms with Gasteiger partial charge in [0.25, 0.3) is 5.69 Å². The van der Waals surface area contributed by atoms with Crippen LogP contribution in [0.2, 0.25) is 0 Å². The topological polar surface area (TPSA) is 43.1 Å². The number of rotatable bonds is 4. The third-order valence-corrected chi connectivity index (χ3v) is 3.88. The SMILES string of the molecule is O=[N+]([O-])c1cc(I)ccc1CC(Cl)c1ccccc1. The molecule has 0 aliphatic carbocycles. The molecule has 2 aromatic carbocycles. The van der Waals surface area contributed by atoms with Crippen molar-refractivity contribution in [1.29, 1.82) is 0 Å². The third kappa shape index (κ3) is 3.67. The van der Waals surface area contributed by atoms with Gasteiger partial charge >= 0.3 is 0 Å². The van der Waals surface area contributed by atoms with Crippen LogP contribution >= 0.6 is 34.2 Å². The van der Waals surface area contributed by atoms with Crippen LogP contribution in [0.3, 0.4) is 0 Å². The summed E-state index contributed by atoms with van der Waals surface area (Å²) in [5.41, 5.74) is 1.76. The lowest BCUT2D eigenvalue weighted by molar-refractivity contribution is -0.385. The Morgan fingerprint density at radius 2 is 1.89 bits per heavy atom. The van der Waals surface area contributed by atoms with E-state index in [1.54, 1.807) is 12.1 Å². The van der Waals surface area contributed by atoms with Gasteiger partial charge in [-0.1, -0.05) is 36.4 Å². The summed E-state index contributed by atoms with van der Waals surface area (Å²) in [6, 6.07) is 14.8. The molecule has 2 rings (SSSR count). The molecule has 0 aliphatic heterocycles. The van der Waals surface area contributed by atoms with Gasteiger partial charge in [-0.3, -0.25) is 10.1 Å². The zero-order chi connectivity index (χ0) is 13.8. The van der Waals surface area contributed by atoms with Crippen molar-refractivity contribution in [3.05, 3.63) is 73.3 Å². The highest BCUT2D eigenvalue weighted by Gasteiger charge is 2.18. The Balaban J connectivity index is 2.26. The number of halogens is 2. The zero-order valence-corrected chi connectivity index (χ0v) is 12.8. The predicted molar refractivity (Wildman–Crippen MR) is 84.6 cm³/mol. The molecule has 3 nitrogen and oxygen atoms in total. The van der Waals surface area contributed by atoms with Crippen LogP contribution in [-0.2, 0) is 6.42 Å². The molecular weight excluding hydrogens is 377 g/mol. The lowest BCUT2D eigenvalue weighted by Gasteiger charge is -2.10. The van der Waals surface area contributed by atoms with Crippen molar-refractivity contribution in [2.75, 3.05) is 0 Å². The normalized spacial score (nSPS) is 12.1. The van der Waals surface area contributed by atoms with Gasteiger partial charge in [0.15, 0.2) is 0 Å². The number of benzene rings is 2. The van der Waals surface area contributed by atoms with E-state index in [0.29, 0.717) is 12.0 Å². The van der Waals surface area contributed by atoms with Gasteiger partial charge in [0.1, 0.15) is 0 Å². The molecule has 0 N–H and O–H groups in total. The number of nitro benzene ring substituents is 1. The summed E-state index contributed by atoms with van der Waals surface area (Å²) in [5, 5.41) is 10.8. The van der Waals surface area contributed by atoms with E-state index >= 15 is 0 Å². The molecule has 0 fully saturated rings. The van der Waals surface area contributed by atoms with Crippen LogP contribution in [0.25, 0.3) is 0 Å². The fourth-order valence-electron chi connectivity index (χ4n) is 1.85. The molecule has 0 heterocycles. The first-order chi connectivity index (χ1) is 9.08. The lowest BCUT2D eigenvalue weighted by atomic mass is 10.0. The smallest absolute Gasteiger partial charge is 0.258 e. The number of nitrogens with zero attached hydrogens (tertiary/aromatic N) is 1. The molecule has 1 unspecified atom stereocenters. The summed E-state index contributed by atoms with van der Waals surface area (Å²) in [5.74, 6) is 0. The summed E-state index contributed by atoms with van der Waals surface area (Å²) in [7, 11) is 0. The van der Waals surface area contributed by atoms with Crippen molar-refractivity contribution < 1.29 is 4.92 Å². The molecule has 0 amide bonds. The van der Waals surface area contributed by atoms with Crippen LogP contribution in [0.15, 0.2) is 48.5 Å². The molecule has 0 aromatic heterocycles. The first-order valence-corrected chi connectivity index (χ1v) is 7.21. The molecule has 0 aliphatic rings. The average molecular weight is 388 g/mol. The number of alkyl halides is 1. The van der Waals surface area contributed by atoms with Crippen LogP contribution in [0.5, 0.6) is 0 Å². The average Bonchev–Trinajstić information content (AvgIpc) is 2.41. The molecular formula is C14H11ClINO2. The van der Waals surface area contributed by atoms with Gasteiger partial charge in [0.05, 0.1) is 10.3 Å². The Morgan fingerprint density at radius 3 is 2.53 bits per heavy atom. The molecule has 2 aromatic rings. The summed E-state index contributed by atoms with van der Waals surface area (Å²) >= 11 is 8.40. The van der Waals surface area contributed by atoms with Gasteiger partial charge in [-0.25, -0.2) is 0 Å². The Hall–Kier alpha value is -1.14. The number of nitro groups is 1. The van der Waals surface area contributed by atoms with Gasteiger partial charge in [-0.15, -0.1) is 11.6 Å². The maximum absolute atomic E-state index is 11.1. The van der Waals surface area contributed by atoms with Crippen LogP contribution in [0.4, 0.5) is 5.69 Å². The van der Waals surface area contributed by atoms with Gasteiger partial charge < -0.3 is 0 Å². The Kier molecular flexibility index (Phi) is 4.76. The van der Waals surface area contributed by atoms with Gasteiger partial charge in [0, 0.05) is 15.2 Å². The monoisotopic (exact) mass is 387 g/mol. The van der Waals surface area contributed by atoms with Crippen molar-refractivity contribution in [2.45, 2.75) is 11.8 Å². The Labute approximate surface area is 129 Å². The highest BCUT2D eigenvalue weighted by molar-refractivity contribution is 14.1. The van der Waals surface area contributed by atoms with E-state index in [1.165, 1.54) is 0 Å². The van der Waals surface area contributed by atoms with Gasteiger partial charge in [-0.2, -0.15) is 0 Å². The standard InChI is InChI=1S/C14H11ClINO2/c15-13(10-4-2-1-3-5-10)8-11-6-7-12(16)9-14(11)17(18)19/h1-7,9,13H,8H2. The summed E-state index contributed by atoms with van der Waals surface area (Å²) in [6.07, 6.45) is 0.443. The van der Waals surface area contributed by atoms with Crippen molar-refractivity contribution >= 4 is 39.9 Å². The minimum Gasteiger partial charge on any atom is -0.258 e. The van der Waals surface area contributed by atoms with Gasteiger partial charge in [0.2, 0.25) is 0 Å². The largest absolute Gasteiger partial charge is 0.273 e. The number of hydrogen-bond donors (Lipinski definition) is 0. The van der Waals surface area contributed by atoms with E-state index < -0.39 is 0 Å². The van der Waals surface area contributed by atoms with E-state index in [4.69, 9.17) is 11.6 Å². The van der Waals surface area contributed by atoms with Crippen LogP contribution in [0.1, 0.15) is 16.5 Å². The Bertz CT molecular complexity index is 589. The molecule has 19 heavy (non-hydrogen) atoms. The molecule has 0 saturated carbocycles. The third-order valence-electron chi connectivity index (χ3n) is 2.80. The minimum absolute atomic E-state index is 0.133. The molecule has 0 bridgehead atoms. The molecule has 0 saturated heterocycles. The van der Waals surface area contributed by atoms with E-state index in [2.05, 4.69) is 22.6 Å². The summed E-state index contributed by atoms with van der Waals surface area (Å²) in [4.78, 5) is 10.7. The molecule has 98 valence electrons. The second-order valence-corrected chi connectivity index (χ2v) is 5.88. The van der Waals surface area contributed by atoms with E-state index in [0.717, 1.165) is 9.13 Å². The van der Waals surface area contributed by atoms with Crippen molar-refractivity contribution in [2.24, 2.45) is 0 Å². The second kappa shape index (κ2) is 6.34. The first kappa shape index (κ1) is 14.3. The molecule has 0 radical (unpaired) electrons. The maximum Gasteiger partial charge on any atom is 0.273 e. The fourth-order valence-corrected chi connectivity index (χ4v) is 2.64. The van der Waals surface area contributed by atoms with Crippen LogP contribution in [-0.4, -0.2) is 4.92 Å². The quantitative estimate of drug-likeness (QED) is 0.330. The van der Waals surface area contributed by atoms with E-state index in [-0.39, 0.29) is 16.0 Å². The Morgan fingerprint density at radius 1 is 1.21 bits per heavy atom. The lowest BCUT2D eigenvalue weighted by Crippen LogP contribution is -2.00. The second-order valence-electron chi connectivity index (χ2n) is 4.11. The zero-order valence-electron chi connectivity index (χ0n) is 9.92. The highest BCUT2D eigenvalue weighted by Crippen LogP contribution is 2.30. The number of hydrogen-bond acceptors (Lipinski definition) is 2. The molecule has 0 spiro atoms. The summed E-state index contributed by atoms with van der Waals surface area (Å²) < 4.78 is 0.846. The first-order valence-electron chi connectivity index (χ1n) is 5.70.